The van der Waals surface area contributed by atoms with E-state index in [0.29, 0.717) is 0 Å². The van der Waals surface area contributed by atoms with Gasteiger partial charge in [-0.1, -0.05) is 6.92 Å². The van der Waals surface area contributed by atoms with Crippen LogP contribution < -0.4 is 4.72 Å². The first-order valence-corrected chi connectivity index (χ1v) is 8.00. The van der Waals surface area contributed by atoms with Gasteiger partial charge in [-0.3, -0.25) is 0 Å². The quantitative estimate of drug-likeness (QED) is 0.922. The van der Waals surface area contributed by atoms with Crippen molar-refractivity contribution in [2.75, 3.05) is 0 Å². The number of aryl methyl sites for hydroxylation is 1. The van der Waals surface area contributed by atoms with Crippen molar-refractivity contribution in [3.05, 3.63) is 46.0 Å². The minimum Gasteiger partial charge on any atom is -0.241 e. The lowest BCUT2D eigenvalue weighted by molar-refractivity contribution is 0.544. The molecule has 0 aliphatic rings. The first-order valence-electron chi connectivity index (χ1n) is 5.70. The lowest BCUT2D eigenvalue weighted by Gasteiger charge is -2.05. The van der Waals surface area contributed by atoms with Gasteiger partial charge in [0, 0.05) is 22.5 Å². The minimum atomic E-state index is -3.92. The molecule has 0 aromatic carbocycles. The second-order valence-corrected chi connectivity index (χ2v) is 6.77. The van der Waals surface area contributed by atoms with Crippen molar-refractivity contribution in [2.24, 2.45) is 0 Å². The number of halogens is 1. The van der Waals surface area contributed by atoms with Crippen molar-refractivity contribution in [3.8, 4) is 0 Å². The number of aromatic nitrogens is 1. The first kappa shape index (κ1) is 14.1. The van der Waals surface area contributed by atoms with E-state index in [4.69, 9.17) is 0 Å². The van der Waals surface area contributed by atoms with Gasteiger partial charge in [-0.15, -0.1) is 11.3 Å². The fourth-order valence-corrected chi connectivity index (χ4v) is 3.51. The molecule has 0 aliphatic heterocycles. The Morgan fingerprint density at radius 2 is 2.05 bits per heavy atom. The largest absolute Gasteiger partial charge is 0.261 e. The molecule has 2 heterocycles. The van der Waals surface area contributed by atoms with Gasteiger partial charge >= 0.3 is 0 Å². The van der Waals surface area contributed by atoms with Crippen LogP contribution in [-0.4, -0.2) is 13.4 Å². The number of hydrogen-bond acceptors (Lipinski definition) is 4. The zero-order chi connectivity index (χ0) is 13.9. The Balaban J connectivity index is 2.12. The predicted octanol–water partition coefficient (Wildman–Crippen LogP) is 2.32. The highest BCUT2D eigenvalue weighted by Crippen LogP contribution is 2.17. The summed E-state index contributed by atoms with van der Waals surface area (Å²) in [5, 5.41) is -0.567. The van der Waals surface area contributed by atoms with Crippen LogP contribution >= 0.6 is 11.3 Å². The van der Waals surface area contributed by atoms with Crippen molar-refractivity contribution in [1.82, 2.24) is 9.71 Å². The average Bonchev–Trinajstić information content (AvgIpc) is 2.85. The molecule has 0 spiro atoms. The lowest BCUT2D eigenvalue weighted by atomic mass is 10.4. The molecule has 0 amide bonds. The molecule has 102 valence electrons. The number of rotatable bonds is 5. The van der Waals surface area contributed by atoms with Crippen LogP contribution in [-0.2, 0) is 23.0 Å². The van der Waals surface area contributed by atoms with Gasteiger partial charge in [0.1, 0.15) is 0 Å². The zero-order valence-electron chi connectivity index (χ0n) is 10.3. The van der Waals surface area contributed by atoms with Crippen LogP contribution in [0.4, 0.5) is 4.39 Å². The molecule has 0 unspecified atom stereocenters. The molecule has 0 saturated carbocycles. The summed E-state index contributed by atoms with van der Waals surface area (Å²) in [4.78, 5) is 5.63. The van der Waals surface area contributed by atoms with Crippen LogP contribution in [0.25, 0.3) is 0 Å². The first-order chi connectivity index (χ1) is 9.03. The molecule has 4 nitrogen and oxygen atoms in total. The highest BCUT2D eigenvalue weighted by atomic mass is 32.2. The predicted molar refractivity (Wildman–Crippen MR) is 71.9 cm³/mol. The summed E-state index contributed by atoms with van der Waals surface area (Å²) in [7, 11) is -3.92. The van der Waals surface area contributed by atoms with E-state index in [9.17, 15) is 12.8 Å². The number of nitrogens with zero attached hydrogens (tertiary/aromatic N) is 1. The smallest absolute Gasteiger partial charge is 0.241 e. The van der Waals surface area contributed by atoms with Crippen molar-refractivity contribution >= 4 is 21.4 Å². The number of sulfonamides is 1. The summed E-state index contributed by atoms with van der Waals surface area (Å²) in [6, 6.07) is 6.24. The van der Waals surface area contributed by atoms with E-state index >= 15 is 0 Å². The third-order valence-corrected chi connectivity index (χ3v) is 5.04. The van der Waals surface area contributed by atoms with Crippen molar-refractivity contribution in [1.29, 1.82) is 0 Å². The molecule has 19 heavy (non-hydrogen) atoms. The Morgan fingerprint density at radius 1 is 1.32 bits per heavy atom. The number of thiophene rings is 1. The SMILES string of the molecule is CCc1ccc(CNS(=O)(=O)c2ncccc2F)s1. The fourth-order valence-electron chi connectivity index (χ4n) is 1.51. The normalized spacial score (nSPS) is 11.7. The van der Waals surface area contributed by atoms with E-state index in [-0.39, 0.29) is 6.54 Å². The second kappa shape index (κ2) is 5.77. The zero-order valence-corrected chi connectivity index (χ0v) is 11.9. The summed E-state index contributed by atoms with van der Waals surface area (Å²) < 4.78 is 39.5. The van der Waals surface area contributed by atoms with Crippen molar-refractivity contribution in [2.45, 2.75) is 24.9 Å². The summed E-state index contributed by atoms with van der Waals surface area (Å²) in [5.41, 5.74) is 0. The highest BCUT2D eigenvalue weighted by molar-refractivity contribution is 7.89. The third kappa shape index (κ3) is 3.37. The second-order valence-electron chi connectivity index (χ2n) is 3.84. The third-order valence-electron chi connectivity index (χ3n) is 2.48. The van der Waals surface area contributed by atoms with E-state index < -0.39 is 20.9 Å². The molecular formula is C12H13FN2O2S2. The van der Waals surface area contributed by atoms with Gasteiger partial charge in [-0.05, 0) is 30.7 Å². The molecule has 0 aliphatic carbocycles. The van der Waals surface area contributed by atoms with E-state index in [2.05, 4.69) is 9.71 Å². The molecule has 0 bridgehead atoms. The Morgan fingerprint density at radius 3 is 2.68 bits per heavy atom. The summed E-state index contributed by atoms with van der Waals surface area (Å²) in [5.74, 6) is -0.851. The molecule has 2 rings (SSSR count). The van der Waals surface area contributed by atoms with Crippen LogP contribution in [0.3, 0.4) is 0 Å². The van der Waals surface area contributed by atoms with Gasteiger partial charge in [0.25, 0.3) is 10.0 Å². The monoisotopic (exact) mass is 300 g/mol. The van der Waals surface area contributed by atoms with Crippen LogP contribution in [0.1, 0.15) is 16.7 Å². The molecule has 2 aromatic rings. The minimum absolute atomic E-state index is 0.142. The van der Waals surface area contributed by atoms with Crippen molar-refractivity contribution < 1.29 is 12.8 Å². The number of hydrogen-bond donors (Lipinski definition) is 1. The highest BCUT2D eigenvalue weighted by Gasteiger charge is 2.20. The maximum atomic E-state index is 13.4. The summed E-state index contributed by atoms with van der Waals surface area (Å²) >= 11 is 1.53. The molecular weight excluding hydrogens is 287 g/mol. The van der Waals surface area contributed by atoms with E-state index in [1.54, 1.807) is 0 Å². The average molecular weight is 300 g/mol. The van der Waals surface area contributed by atoms with Gasteiger partial charge in [-0.25, -0.2) is 22.5 Å². The standard InChI is InChI=1S/C12H13FN2O2S2/c1-2-9-5-6-10(18-9)8-15-19(16,17)12-11(13)4-3-7-14-12/h3-7,15H,2,8H2,1H3. The molecule has 0 atom stereocenters. The maximum absolute atomic E-state index is 13.4. The van der Waals surface area contributed by atoms with E-state index in [0.717, 1.165) is 17.4 Å². The van der Waals surface area contributed by atoms with Crippen LogP contribution in [0.15, 0.2) is 35.5 Å². The maximum Gasteiger partial charge on any atom is 0.261 e. The van der Waals surface area contributed by atoms with Crippen LogP contribution in [0.2, 0.25) is 0 Å². The Bertz CT molecular complexity index is 668. The van der Waals surface area contributed by atoms with Gasteiger partial charge in [0.05, 0.1) is 0 Å². The molecule has 2 aromatic heterocycles. The topological polar surface area (TPSA) is 59.1 Å². The lowest BCUT2D eigenvalue weighted by Crippen LogP contribution is -2.24. The Kier molecular flexibility index (Phi) is 4.28. The van der Waals surface area contributed by atoms with E-state index in [1.165, 1.54) is 28.5 Å². The van der Waals surface area contributed by atoms with E-state index in [1.807, 2.05) is 19.1 Å². The van der Waals surface area contributed by atoms with Crippen molar-refractivity contribution in [3.63, 3.8) is 0 Å². The van der Waals surface area contributed by atoms with Gasteiger partial charge in [0.15, 0.2) is 5.82 Å². The van der Waals surface area contributed by atoms with Gasteiger partial charge < -0.3 is 0 Å². The Hall–Kier alpha value is -1.31. The van der Waals surface area contributed by atoms with Gasteiger partial charge in [-0.2, -0.15) is 0 Å². The van der Waals surface area contributed by atoms with Gasteiger partial charge in [0.2, 0.25) is 5.03 Å². The molecule has 0 saturated heterocycles. The Labute approximate surface area is 115 Å². The molecule has 1 N–H and O–H groups in total. The summed E-state index contributed by atoms with van der Waals surface area (Å²) in [6.07, 6.45) is 2.16. The van der Waals surface area contributed by atoms with Crippen LogP contribution in [0.5, 0.6) is 0 Å². The molecule has 7 heteroatoms. The fraction of sp³-hybridized carbons (Fsp3) is 0.250. The molecule has 0 radical (unpaired) electrons. The molecule has 0 fully saturated rings. The van der Waals surface area contributed by atoms with Crippen LogP contribution in [0, 0.1) is 5.82 Å². The summed E-state index contributed by atoms with van der Waals surface area (Å²) in [6.45, 7) is 2.17. The number of nitrogens with one attached hydrogen (secondary N) is 1. The number of pyridine rings is 1.